The van der Waals surface area contributed by atoms with E-state index in [1.807, 2.05) is 6.07 Å². The predicted octanol–water partition coefficient (Wildman–Crippen LogP) is 1.52. The molecular weight excluding hydrogens is 292 g/mol. The lowest BCUT2D eigenvalue weighted by atomic mass is 10.1. The summed E-state index contributed by atoms with van der Waals surface area (Å²) < 4.78 is 34.6. The molecule has 1 saturated heterocycles. The fourth-order valence-electron chi connectivity index (χ4n) is 2.69. The van der Waals surface area contributed by atoms with Gasteiger partial charge in [0.1, 0.15) is 5.75 Å². The number of nitrogens with two attached hydrogens (primary N) is 1. The van der Waals surface area contributed by atoms with Gasteiger partial charge in [-0.15, -0.1) is 0 Å². The number of halogens is 2. The van der Waals surface area contributed by atoms with Gasteiger partial charge in [0.2, 0.25) is 0 Å². The Morgan fingerprint density at radius 2 is 1.95 bits per heavy atom. The highest BCUT2D eigenvalue weighted by atomic mass is 19.3. The van der Waals surface area contributed by atoms with E-state index in [2.05, 4.69) is 14.5 Å². The number of hydrogen-bond donors (Lipinski definition) is 1. The maximum atomic E-state index is 12.5. The molecule has 1 aromatic rings. The molecule has 5 nitrogen and oxygen atoms in total. The number of hydrogen-bond acceptors (Lipinski definition) is 5. The van der Waals surface area contributed by atoms with Gasteiger partial charge in [-0.05, 0) is 12.1 Å². The maximum absolute atomic E-state index is 12.5. The average molecular weight is 315 g/mol. The standard InChI is InChI=1S/C15H23F2N3O2/c1-21-10-9-19-5-7-20(8-6-19)13-3-2-4-14(12(13)11-18)22-15(16)17/h2-4,15H,5-11,18H2,1H3. The first-order valence-electron chi connectivity index (χ1n) is 7.38. The number of ether oxygens (including phenoxy) is 2. The van der Waals surface area contributed by atoms with Crippen molar-refractivity contribution < 1.29 is 18.3 Å². The second-order valence-corrected chi connectivity index (χ2v) is 5.16. The second-order valence-electron chi connectivity index (χ2n) is 5.16. The number of piperazine rings is 1. The average Bonchev–Trinajstić information content (AvgIpc) is 2.52. The van der Waals surface area contributed by atoms with Crippen LogP contribution in [0.15, 0.2) is 18.2 Å². The third kappa shape index (κ3) is 4.28. The molecule has 0 bridgehead atoms. The van der Waals surface area contributed by atoms with Crippen LogP contribution >= 0.6 is 0 Å². The van der Waals surface area contributed by atoms with Gasteiger partial charge in [0.15, 0.2) is 0 Å². The van der Waals surface area contributed by atoms with E-state index in [0.29, 0.717) is 12.2 Å². The summed E-state index contributed by atoms with van der Waals surface area (Å²) in [5.74, 6) is 0.164. The molecule has 1 fully saturated rings. The zero-order valence-corrected chi connectivity index (χ0v) is 12.8. The largest absolute Gasteiger partial charge is 0.434 e. The van der Waals surface area contributed by atoms with Crippen LogP contribution in [0.25, 0.3) is 0 Å². The van der Waals surface area contributed by atoms with Crippen molar-refractivity contribution in [1.29, 1.82) is 0 Å². The van der Waals surface area contributed by atoms with Crippen LogP contribution in [0.2, 0.25) is 0 Å². The molecule has 1 aliphatic heterocycles. The normalized spacial score (nSPS) is 16.3. The van der Waals surface area contributed by atoms with Crippen LogP contribution in [0.1, 0.15) is 5.56 Å². The van der Waals surface area contributed by atoms with Crippen LogP contribution in [-0.2, 0) is 11.3 Å². The van der Waals surface area contributed by atoms with E-state index >= 15 is 0 Å². The molecule has 0 atom stereocenters. The molecule has 0 aliphatic carbocycles. The summed E-state index contributed by atoms with van der Waals surface area (Å²) in [6.45, 7) is 2.42. The Morgan fingerprint density at radius 1 is 1.23 bits per heavy atom. The molecule has 124 valence electrons. The molecule has 0 saturated carbocycles. The quantitative estimate of drug-likeness (QED) is 0.827. The predicted molar refractivity (Wildman–Crippen MR) is 81.5 cm³/mol. The molecule has 22 heavy (non-hydrogen) atoms. The Hall–Kier alpha value is -1.44. The summed E-state index contributed by atoms with van der Waals surface area (Å²) in [5.41, 5.74) is 7.26. The molecule has 1 aromatic carbocycles. The van der Waals surface area contributed by atoms with Gasteiger partial charge in [-0.3, -0.25) is 4.90 Å². The minimum absolute atomic E-state index is 0.164. The number of nitrogens with zero attached hydrogens (tertiary/aromatic N) is 2. The summed E-state index contributed by atoms with van der Waals surface area (Å²) in [5, 5.41) is 0. The minimum atomic E-state index is -2.84. The van der Waals surface area contributed by atoms with Crippen molar-refractivity contribution >= 4 is 5.69 Å². The van der Waals surface area contributed by atoms with Crippen LogP contribution < -0.4 is 15.4 Å². The van der Waals surface area contributed by atoms with Crippen molar-refractivity contribution in [1.82, 2.24) is 4.90 Å². The number of rotatable bonds is 7. The fourth-order valence-corrected chi connectivity index (χ4v) is 2.69. The Bertz CT molecular complexity index is 466. The summed E-state index contributed by atoms with van der Waals surface area (Å²) in [4.78, 5) is 4.49. The maximum Gasteiger partial charge on any atom is 0.387 e. The van der Waals surface area contributed by atoms with E-state index in [9.17, 15) is 8.78 Å². The number of anilines is 1. The van der Waals surface area contributed by atoms with Gasteiger partial charge in [0, 0.05) is 57.6 Å². The number of alkyl halides is 2. The Labute approximate surface area is 129 Å². The smallest absolute Gasteiger partial charge is 0.387 e. The SMILES string of the molecule is COCCN1CCN(c2cccc(OC(F)F)c2CN)CC1. The first-order valence-corrected chi connectivity index (χ1v) is 7.38. The number of benzene rings is 1. The second kappa shape index (κ2) is 8.26. The zero-order valence-electron chi connectivity index (χ0n) is 12.8. The fraction of sp³-hybridized carbons (Fsp3) is 0.600. The van der Waals surface area contributed by atoms with E-state index in [1.54, 1.807) is 13.2 Å². The molecule has 0 aromatic heterocycles. The van der Waals surface area contributed by atoms with E-state index < -0.39 is 6.61 Å². The molecule has 0 radical (unpaired) electrons. The van der Waals surface area contributed by atoms with E-state index in [4.69, 9.17) is 10.5 Å². The van der Waals surface area contributed by atoms with Crippen LogP contribution in [0.4, 0.5) is 14.5 Å². The number of methoxy groups -OCH3 is 1. The lowest BCUT2D eigenvalue weighted by molar-refractivity contribution is -0.0504. The third-order valence-corrected chi connectivity index (χ3v) is 3.85. The lowest BCUT2D eigenvalue weighted by Gasteiger charge is -2.37. The van der Waals surface area contributed by atoms with E-state index in [-0.39, 0.29) is 12.3 Å². The van der Waals surface area contributed by atoms with Crippen LogP contribution in [-0.4, -0.2) is 58.0 Å². The van der Waals surface area contributed by atoms with Gasteiger partial charge in [-0.25, -0.2) is 0 Å². The first kappa shape index (κ1) is 16.9. The van der Waals surface area contributed by atoms with Crippen molar-refractivity contribution in [2.75, 3.05) is 51.3 Å². The highest BCUT2D eigenvalue weighted by Crippen LogP contribution is 2.30. The minimum Gasteiger partial charge on any atom is -0.434 e. The van der Waals surface area contributed by atoms with Gasteiger partial charge in [0.05, 0.1) is 6.61 Å². The molecule has 1 heterocycles. The van der Waals surface area contributed by atoms with Gasteiger partial charge < -0.3 is 20.1 Å². The van der Waals surface area contributed by atoms with Gasteiger partial charge >= 0.3 is 6.61 Å². The van der Waals surface area contributed by atoms with Crippen molar-refractivity contribution in [2.24, 2.45) is 5.73 Å². The topological polar surface area (TPSA) is 51.0 Å². The Morgan fingerprint density at radius 3 is 2.55 bits per heavy atom. The van der Waals surface area contributed by atoms with Gasteiger partial charge in [-0.2, -0.15) is 8.78 Å². The van der Waals surface area contributed by atoms with E-state index in [0.717, 1.165) is 38.4 Å². The van der Waals surface area contributed by atoms with Gasteiger partial charge in [0.25, 0.3) is 0 Å². The molecule has 2 rings (SSSR count). The van der Waals surface area contributed by atoms with Crippen molar-refractivity contribution in [3.63, 3.8) is 0 Å². The lowest BCUT2D eigenvalue weighted by Crippen LogP contribution is -2.47. The summed E-state index contributed by atoms with van der Waals surface area (Å²) in [7, 11) is 1.69. The summed E-state index contributed by atoms with van der Waals surface area (Å²) in [6, 6.07) is 5.17. The summed E-state index contributed by atoms with van der Waals surface area (Å²) >= 11 is 0. The van der Waals surface area contributed by atoms with Crippen molar-refractivity contribution in [3.8, 4) is 5.75 Å². The Balaban J connectivity index is 2.06. The molecule has 0 amide bonds. The highest BCUT2D eigenvalue weighted by molar-refractivity contribution is 5.59. The molecular formula is C15H23F2N3O2. The molecule has 2 N–H and O–H groups in total. The Kier molecular flexibility index (Phi) is 6.35. The molecule has 7 heteroatoms. The zero-order chi connectivity index (χ0) is 15.9. The molecule has 0 unspecified atom stereocenters. The van der Waals surface area contributed by atoms with Crippen molar-refractivity contribution in [3.05, 3.63) is 23.8 Å². The van der Waals surface area contributed by atoms with Crippen LogP contribution in [0.5, 0.6) is 5.75 Å². The molecule has 0 spiro atoms. The van der Waals surface area contributed by atoms with Gasteiger partial charge in [-0.1, -0.05) is 6.07 Å². The first-order chi connectivity index (χ1) is 10.7. The van der Waals surface area contributed by atoms with Crippen LogP contribution in [0.3, 0.4) is 0 Å². The van der Waals surface area contributed by atoms with E-state index in [1.165, 1.54) is 6.07 Å². The molecule has 1 aliphatic rings. The summed E-state index contributed by atoms with van der Waals surface area (Å²) in [6.07, 6.45) is 0. The van der Waals surface area contributed by atoms with Crippen molar-refractivity contribution in [2.45, 2.75) is 13.2 Å². The monoisotopic (exact) mass is 315 g/mol. The third-order valence-electron chi connectivity index (χ3n) is 3.85. The highest BCUT2D eigenvalue weighted by Gasteiger charge is 2.21. The van der Waals surface area contributed by atoms with Crippen LogP contribution in [0, 0.1) is 0 Å².